The first-order valence-electron chi connectivity index (χ1n) is 14.5. The lowest BCUT2D eigenvalue weighted by molar-refractivity contribution is -0.137. The van der Waals surface area contributed by atoms with Crippen LogP contribution in [0.1, 0.15) is 39.1 Å². The van der Waals surface area contributed by atoms with Crippen LogP contribution in [-0.2, 0) is 25.8 Å². The SMILES string of the molecule is CCOc1ccccc1N1CCN(C(=O)c2csc(CN(Cc3ccc(OC)cc3)Cc3cccc(C(F)(F)F)c3)n2)CC1. The average molecular weight is 625 g/mol. The molecule has 44 heavy (non-hydrogen) atoms. The molecule has 0 aliphatic carbocycles. The van der Waals surface area contributed by atoms with Gasteiger partial charge in [0.05, 0.1) is 31.5 Å². The summed E-state index contributed by atoms with van der Waals surface area (Å²) < 4.78 is 51.2. The molecule has 1 aliphatic rings. The van der Waals surface area contributed by atoms with Gasteiger partial charge in [-0.15, -0.1) is 11.3 Å². The van der Waals surface area contributed by atoms with E-state index in [2.05, 4.69) is 9.88 Å². The van der Waals surface area contributed by atoms with Gasteiger partial charge in [0.2, 0.25) is 0 Å². The molecule has 0 spiro atoms. The number of methoxy groups -OCH3 is 1. The number of alkyl halides is 3. The summed E-state index contributed by atoms with van der Waals surface area (Å²) in [5.74, 6) is 1.44. The Bertz CT molecular complexity index is 1540. The van der Waals surface area contributed by atoms with Gasteiger partial charge in [0.1, 0.15) is 22.2 Å². The van der Waals surface area contributed by atoms with Crippen LogP contribution in [0.4, 0.5) is 18.9 Å². The molecule has 1 aliphatic heterocycles. The molecule has 0 radical (unpaired) electrons. The number of piperazine rings is 1. The lowest BCUT2D eigenvalue weighted by atomic mass is 10.1. The first-order chi connectivity index (χ1) is 21.2. The Labute approximate surface area is 259 Å². The van der Waals surface area contributed by atoms with E-state index in [1.165, 1.54) is 23.5 Å². The van der Waals surface area contributed by atoms with Crippen molar-refractivity contribution in [3.8, 4) is 11.5 Å². The number of carbonyl (C=O) groups is 1. The molecule has 1 aromatic heterocycles. The molecule has 1 fully saturated rings. The fourth-order valence-corrected chi connectivity index (χ4v) is 6.05. The summed E-state index contributed by atoms with van der Waals surface area (Å²) in [6.45, 7) is 6.16. The summed E-state index contributed by atoms with van der Waals surface area (Å²) in [5, 5.41) is 2.49. The Morgan fingerprint density at radius 1 is 0.932 bits per heavy atom. The number of carbonyl (C=O) groups excluding carboxylic acids is 1. The molecule has 11 heteroatoms. The average Bonchev–Trinajstić information content (AvgIpc) is 3.50. The van der Waals surface area contributed by atoms with Crippen LogP contribution < -0.4 is 14.4 Å². The number of rotatable bonds is 11. The van der Waals surface area contributed by atoms with E-state index < -0.39 is 11.7 Å². The molecule has 1 saturated heterocycles. The Kier molecular flexibility index (Phi) is 10.1. The first kappa shape index (κ1) is 31.3. The monoisotopic (exact) mass is 624 g/mol. The third-order valence-electron chi connectivity index (χ3n) is 7.43. The van der Waals surface area contributed by atoms with Crippen molar-refractivity contribution in [3.05, 3.63) is 106 Å². The number of thiazole rings is 1. The Morgan fingerprint density at radius 2 is 1.66 bits per heavy atom. The second-order valence-corrected chi connectivity index (χ2v) is 11.4. The van der Waals surface area contributed by atoms with E-state index in [1.54, 1.807) is 18.6 Å². The number of hydrogen-bond donors (Lipinski definition) is 0. The molecule has 0 atom stereocenters. The van der Waals surface area contributed by atoms with E-state index in [0.717, 1.165) is 33.8 Å². The minimum atomic E-state index is -4.42. The van der Waals surface area contributed by atoms with Gasteiger partial charge in [-0.05, 0) is 48.4 Å². The molecule has 0 saturated carbocycles. The molecule has 3 aromatic carbocycles. The van der Waals surface area contributed by atoms with Crippen LogP contribution in [0.15, 0.2) is 78.2 Å². The van der Waals surface area contributed by atoms with E-state index >= 15 is 0 Å². The van der Waals surface area contributed by atoms with Crippen LogP contribution in [0.25, 0.3) is 0 Å². The second kappa shape index (κ2) is 14.1. The predicted molar refractivity (Wildman–Crippen MR) is 165 cm³/mol. The summed E-state index contributed by atoms with van der Waals surface area (Å²) in [6.07, 6.45) is -4.42. The summed E-state index contributed by atoms with van der Waals surface area (Å²) in [4.78, 5) is 24.1. The van der Waals surface area contributed by atoms with E-state index in [4.69, 9.17) is 9.47 Å². The number of nitrogens with zero attached hydrogens (tertiary/aromatic N) is 4. The molecule has 0 N–H and O–H groups in total. The second-order valence-electron chi connectivity index (χ2n) is 10.5. The number of anilines is 1. The van der Waals surface area contributed by atoms with Crippen molar-refractivity contribution in [3.63, 3.8) is 0 Å². The molecule has 4 aromatic rings. The molecule has 0 unspecified atom stereocenters. The maximum atomic E-state index is 13.4. The minimum absolute atomic E-state index is 0.121. The Balaban J connectivity index is 1.26. The lowest BCUT2D eigenvalue weighted by Crippen LogP contribution is -2.49. The molecular weight excluding hydrogens is 589 g/mol. The van der Waals surface area contributed by atoms with E-state index in [-0.39, 0.29) is 12.5 Å². The van der Waals surface area contributed by atoms with Crippen molar-refractivity contribution < 1.29 is 27.4 Å². The van der Waals surface area contributed by atoms with Crippen LogP contribution in [0, 0.1) is 0 Å². The maximum absolute atomic E-state index is 13.4. The van der Waals surface area contributed by atoms with Crippen LogP contribution >= 0.6 is 11.3 Å². The zero-order valence-corrected chi connectivity index (χ0v) is 25.5. The summed E-state index contributed by atoms with van der Waals surface area (Å²) in [5.41, 5.74) is 2.26. The van der Waals surface area contributed by atoms with Crippen LogP contribution in [0.2, 0.25) is 0 Å². The van der Waals surface area contributed by atoms with Crippen molar-refractivity contribution in [1.29, 1.82) is 0 Å². The minimum Gasteiger partial charge on any atom is -0.497 e. The highest BCUT2D eigenvalue weighted by molar-refractivity contribution is 7.09. The number of ether oxygens (including phenoxy) is 2. The largest absolute Gasteiger partial charge is 0.497 e. The summed E-state index contributed by atoms with van der Waals surface area (Å²) in [6, 6.07) is 20.9. The quantitative estimate of drug-likeness (QED) is 0.184. The lowest BCUT2D eigenvalue weighted by Gasteiger charge is -2.36. The van der Waals surface area contributed by atoms with Gasteiger partial charge in [0, 0.05) is 44.6 Å². The van der Waals surface area contributed by atoms with Gasteiger partial charge in [-0.1, -0.05) is 42.5 Å². The normalized spacial score (nSPS) is 13.8. The van der Waals surface area contributed by atoms with Crippen LogP contribution in [-0.4, -0.2) is 60.6 Å². The molecule has 1 amide bonds. The molecular formula is C33H35F3N4O3S. The smallest absolute Gasteiger partial charge is 0.416 e. The van der Waals surface area contributed by atoms with Crippen molar-refractivity contribution in [2.75, 3.05) is 44.8 Å². The highest BCUT2D eigenvalue weighted by Gasteiger charge is 2.30. The van der Waals surface area contributed by atoms with Gasteiger partial charge in [0.25, 0.3) is 5.91 Å². The number of para-hydroxylation sites is 2. The molecule has 7 nitrogen and oxygen atoms in total. The van der Waals surface area contributed by atoms with Crippen LogP contribution in [0.3, 0.4) is 0 Å². The number of amides is 1. The van der Waals surface area contributed by atoms with E-state index in [9.17, 15) is 18.0 Å². The number of benzene rings is 3. The highest BCUT2D eigenvalue weighted by Crippen LogP contribution is 2.31. The van der Waals surface area contributed by atoms with Gasteiger partial charge in [0.15, 0.2) is 0 Å². The zero-order valence-electron chi connectivity index (χ0n) is 24.7. The summed E-state index contributed by atoms with van der Waals surface area (Å²) >= 11 is 1.38. The third kappa shape index (κ3) is 7.89. The van der Waals surface area contributed by atoms with Crippen molar-refractivity contribution in [2.45, 2.75) is 32.7 Å². The Morgan fingerprint density at radius 3 is 2.36 bits per heavy atom. The third-order valence-corrected chi connectivity index (χ3v) is 8.26. The van der Waals surface area contributed by atoms with Crippen molar-refractivity contribution >= 4 is 22.9 Å². The zero-order chi connectivity index (χ0) is 31.1. The van der Waals surface area contributed by atoms with Gasteiger partial charge in [-0.25, -0.2) is 4.98 Å². The predicted octanol–water partition coefficient (Wildman–Crippen LogP) is 6.73. The fourth-order valence-electron chi connectivity index (χ4n) is 5.24. The van der Waals surface area contributed by atoms with Crippen molar-refractivity contribution in [2.24, 2.45) is 0 Å². The molecule has 2 heterocycles. The fraction of sp³-hybridized carbons (Fsp3) is 0.333. The number of aromatic nitrogens is 1. The Hall–Kier alpha value is -4.09. The molecule has 5 rings (SSSR count). The molecule has 232 valence electrons. The maximum Gasteiger partial charge on any atom is 0.416 e. The van der Waals surface area contributed by atoms with Gasteiger partial charge in [-0.2, -0.15) is 13.2 Å². The topological polar surface area (TPSA) is 58.1 Å². The van der Waals surface area contributed by atoms with E-state index in [0.29, 0.717) is 57.1 Å². The van der Waals surface area contributed by atoms with Crippen molar-refractivity contribution in [1.82, 2.24) is 14.8 Å². The van der Waals surface area contributed by atoms with E-state index in [1.807, 2.05) is 65.3 Å². The van der Waals surface area contributed by atoms with Gasteiger partial charge in [-0.3, -0.25) is 9.69 Å². The number of hydrogen-bond acceptors (Lipinski definition) is 7. The van der Waals surface area contributed by atoms with Gasteiger partial charge < -0.3 is 19.3 Å². The highest BCUT2D eigenvalue weighted by atomic mass is 32.1. The van der Waals surface area contributed by atoms with Crippen LogP contribution in [0.5, 0.6) is 11.5 Å². The van der Waals surface area contributed by atoms with Gasteiger partial charge >= 0.3 is 6.18 Å². The molecule has 0 bridgehead atoms. The number of halogens is 3. The summed E-state index contributed by atoms with van der Waals surface area (Å²) in [7, 11) is 1.60. The first-order valence-corrected chi connectivity index (χ1v) is 15.3. The standard InChI is InChI=1S/C33H35F3N4O3S/c1-3-43-30-10-5-4-9-29(30)39-15-17-40(18-16-39)32(41)28-23-44-31(37-28)22-38(20-24-11-13-27(42-2)14-12-24)21-25-7-6-8-26(19-25)33(34,35)36/h4-14,19,23H,3,15-18,20-22H2,1-2H3.